The van der Waals surface area contributed by atoms with Crippen molar-refractivity contribution in [1.29, 1.82) is 0 Å². The molecule has 3 N–H and O–H groups in total. The molecule has 1 amide bonds. The molecule has 1 aliphatic rings. The van der Waals surface area contributed by atoms with Crippen LogP contribution in [0.2, 0.25) is 0 Å². The molecule has 1 heterocycles. The van der Waals surface area contributed by atoms with Gasteiger partial charge in [0.1, 0.15) is 5.71 Å². The number of nitrogens with one attached hydrogen (secondary N) is 1. The summed E-state index contributed by atoms with van der Waals surface area (Å²) in [6.45, 7) is 1.94. The second kappa shape index (κ2) is 6.61. The van der Waals surface area contributed by atoms with Crippen LogP contribution in [0.1, 0.15) is 11.1 Å². The Morgan fingerprint density at radius 2 is 1.50 bits per heavy atom. The molecule has 0 atom stereocenters. The van der Waals surface area contributed by atoms with Gasteiger partial charge in [0.25, 0.3) is 5.91 Å². The van der Waals surface area contributed by atoms with Crippen molar-refractivity contribution < 1.29 is 13.2 Å². The lowest BCUT2D eigenvalue weighted by Gasteiger charge is -2.06. The van der Waals surface area contributed by atoms with E-state index >= 15 is 0 Å². The summed E-state index contributed by atoms with van der Waals surface area (Å²) in [7, 11) is -3.65. The molecule has 0 aliphatic carbocycles. The Kier molecular flexibility index (Phi) is 4.24. The Hall–Kier alpha value is -3.45. The number of nitrogen functional groups attached to an aromatic ring is 1. The highest BCUT2D eigenvalue weighted by atomic mass is 32.2. The first-order valence-electron chi connectivity index (χ1n) is 8.56. The lowest BCUT2D eigenvalue weighted by Crippen LogP contribution is -2.13. The molecule has 0 fully saturated rings. The third-order valence-electron chi connectivity index (χ3n) is 4.47. The van der Waals surface area contributed by atoms with Gasteiger partial charge in [0.15, 0.2) is 0 Å². The molecule has 0 saturated heterocycles. The van der Waals surface area contributed by atoms with Gasteiger partial charge in [-0.2, -0.15) is 0 Å². The lowest BCUT2D eigenvalue weighted by molar-refractivity contribution is -0.110. The quantitative estimate of drug-likeness (QED) is 0.667. The highest BCUT2D eigenvalue weighted by Crippen LogP contribution is 2.28. The van der Waals surface area contributed by atoms with E-state index in [1.807, 2.05) is 25.1 Å². The Labute approximate surface area is 162 Å². The van der Waals surface area contributed by atoms with Gasteiger partial charge < -0.3 is 11.1 Å². The smallest absolute Gasteiger partial charge is 0.275 e. The monoisotopic (exact) mass is 391 g/mol. The first-order chi connectivity index (χ1) is 13.3. The number of carbonyl (C=O) groups excluding carboxylic acids is 1. The van der Waals surface area contributed by atoms with Gasteiger partial charge in [0.2, 0.25) is 9.84 Å². The van der Waals surface area contributed by atoms with Gasteiger partial charge in [-0.15, -0.1) is 0 Å². The van der Waals surface area contributed by atoms with Crippen LogP contribution in [0, 0.1) is 6.92 Å². The number of fused-ring (bicyclic) bond motifs is 1. The number of hydrogen-bond acceptors (Lipinski definition) is 5. The van der Waals surface area contributed by atoms with Crippen molar-refractivity contribution in [3.05, 3.63) is 77.9 Å². The van der Waals surface area contributed by atoms with Gasteiger partial charge in [0, 0.05) is 11.3 Å². The third kappa shape index (κ3) is 3.16. The van der Waals surface area contributed by atoms with E-state index in [-0.39, 0.29) is 15.7 Å². The number of nitrogens with two attached hydrogens (primary N) is 1. The second-order valence-electron chi connectivity index (χ2n) is 6.53. The minimum atomic E-state index is -3.65. The number of carbonyl (C=O) groups is 1. The van der Waals surface area contributed by atoms with Crippen molar-refractivity contribution in [2.45, 2.75) is 16.7 Å². The van der Waals surface area contributed by atoms with Crippen LogP contribution >= 0.6 is 0 Å². The molecule has 140 valence electrons. The van der Waals surface area contributed by atoms with Crippen molar-refractivity contribution >= 4 is 38.5 Å². The van der Waals surface area contributed by atoms with Crippen LogP contribution in [0.25, 0.3) is 0 Å². The normalized spacial score (nSPS) is 14.8. The lowest BCUT2D eigenvalue weighted by atomic mass is 10.1. The molecule has 7 heteroatoms. The molecule has 0 bridgehead atoms. The van der Waals surface area contributed by atoms with E-state index in [0.29, 0.717) is 17.1 Å². The van der Waals surface area contributed by atoms with E-state index in [0.717, 1.165) is 16.8 Å². The fourth-order valence-electron chi connectivity index (χ4n) is 2.99. The molecule has 0 radical (unpaired) electrons. The van der Waals surface area contributed by atoms with Gasteiger partial charge in [-0.05, 0) is 67.6 Å². The first-order valence-corrected chi connectivity index (χ1v) is 10.0. The standard InChI is InChI=1S/C21H17N3O3S/c1-13-2-11-19-18(12-13)20(21(25)24-19)23-15-5-9-17(10-6-15)28(26,27)16-7-3-14(22)4-8-16/h2-12H,22H2,1H3,(H,23,24,25). The Morgan fingerprint density at radius 3 is 2.14 bits per heavy atom. The topological polar surface area (TPSA) is 102 Å². The molecule has 6 nitrogen and oxygen atoms in total. The molecule has 0 spiro atoms. The van der Waals surface area contributed by atoms with Gasteiger partial charge in [-0.1, -0.05) is 11.6 Å². The van der Waals surface area contributed by atoms with Crippen LogP contribution in [0.15, 0.2) is 81.5 Å². The average Bonchev–Trinajstić information content (AvgIpc) is 2.97. The van der Waals surface area contributed by atoms with E-state index in [4.69, 9.17) is 5.73 Å². The summed E-state index contributed by atoms with van der Waals surface area (Å²) in [5, 5.41) is 2.78. The highest BCUT2D eigenvalue weighted by molar-refractivity contribution is 7.91. The first kappa shape index (κ1) is 17.9. The summed E-state index contributed by atoms with van der Waals surface area (Å²) >= 11 is 0. The predicted octanol–water partition coefficient (Wildman–Crippen LogP) is 3.48. The van der Waals surface area contributed by atoms with Gasteiger partial charge in [-0.3, -0.25) is 4.79 Å². The summed E-state index contributed by atoms with van der Waals surface area (Å²) in [5.74, 6) is -0.279. The summed E-state index contributed by atoms with van der Waals surface area (Å²) in [6.07, 6.45) is 0. The largest absolute Gasteiger partial charge is 0.399 e. The van der Waals surface area contributed by atoms with E-state index in [1.165, 1.54) is 24.3 Å². The van der Waals surface area contributed by atoms with Gasteiger partial charge in [-0.25, -0.2) is 13.4 Å². The average molecular weight is 391 g/mol. The van der Waals surface area contributed by atoms with Crippen LogP contribution in [0.5, 0.6) is 0 Å². The van der Waals surface area contributed by atoms with Crippen molar-refractivity contribution in [1.82, 2.24) is 0 Å². The van der Waals surface area contributed by atoms with Crippen molar-refractivity contribution in [3.63, 3.8) is 0 Å². The number of aryl methyl sites for hydroxylation is 1. The predicted molar refractivity (Wildman–Crippen MR) is 109 cm³/mol. The van der Waals surface area contributed by atoms with Crippen LogP contribution in [0.3, 0.4) is 0 Å². The number of hydrogen-bond donors (Lipinski definition) is 2. The van der Waals surface area contributed by atoms with E-state index in [2.05, 4.69) is 10.3 Å². The fraction of sp³-hybridized carbons (Fsp3) is 0.0476. The number of sulfone groups is 1. The molecular formula is C21H17N3O3S. The minimum absolute atomic E-state index is 0.147. The SMILES string of the molecule is Cc1ccc2c(c1)C(=Nc1ccc(S(=O)(=O)c3ccc(N)cc3)cc1)C(=O)N2. The molecule has 1 aliphatic heterocycles. The maximum Gasteiger partial charge on any atom is 0.275 e. The molecule has 0 aromatic heterocycles. The van der Waals surface area contributed by atoms with Gasteiger partial charge >= 0.3 is 0 Å². The zero-order valence-electron chi connectivity index (χ0n) is 15.0. The van der Waals surface area contributed by atoms with E-state index in [1.54, 1.807) is 24.3 Å². The van der Waals surface area contributed by atoms with E-state index < -0.39 is 9.84 Å². The van der Waals surface area contributed by atoms with Gasteiger partial charge in [0.05, 0.1) is 21.2 Å². The maximum atomic E-state index is 12.7. The highest BCUT2D eigenvalue weighted by Gasteiger charge is 2.26. The van der Waals surface area contributed by atoms with Crippen molar-refractivity contribution in [3.8, 4) is 0 Å². The maximum absolute atomic E-state index is 12.7. The molecule has 0 saturated carbocycles. The summed E-state index contributed by atoms with van der Waals surface area (Å²) < 4.78 is 25.4. The van der Waals surface area contributed by atoms with Crippen LogP contribution in [-0.4, -0.2) is 20.0 Å². The van der Waals surface area contributed by atoms with Crippen LogP contribution in [0.4, 0.5) is 17.1 Å². The number of benzene rings is 3. The number of rotatable bonds is 3. The Bertz CT molecular complexity index is 1210. The summed E-state index contributed by atoms with van der Waals surface area (Å²) in [4.78, 5) is 17.0. The minimum Gasteiger partial charge on any atom is -0.399 e. The molecule has 0 unspecified atom stereocenters. The van der Waals surface area contributed by atoms with Crippen molar-refractivity contribution in [2.24, 2.45) is 4.99 Å². The second-order valence-corrected chi connectivity index (χ2v) is 8.48. The molecule has 4 rings (SSSR count). The zero-order valence-corrected chi connectivity index (χ0v) is 15.8. The number of amides is 1. The Balaban J connectivity index is 1.68. The molecule has 28 heavy (non-hydrogen) atoms. The van der Waals surface area contributed by atoms with E-state index in [9.17, 15) is 13.2 Å². The van der Waals surface area contributed by atoms with Crippen LogP contribution < -0.4 is 11.1 Å². The Morgan fingerprint density at radius 1 is 0.893 bits per heavy atom. The molecule has 3 aromatic carbocycles. The molecular weight excluding hydrogens is 374 g/mol. The summed E-state index contributed by atoms with van der Waals surface area (Å²) in [5.41, 5.74) is 9.40. The zero-order chi connectivity index (χ0) is 19.9. The molecule has 3 aromatic rings. The fourth-order valence-corrected chi connectivity index (χ4v) is 4.25. The number of aliphatic imine (C=N–C) groups is 1. The van der Waals surface area contributed by atoms with Crippen LogP contribution in [-0.2, 0) is 14.6 Å². The van der Waals surface area contributed by atoms with Crippen molar-refractivity contribution in [2.75, 3.05) is 11.1 Å². The third-order valence-corrected chi connectivity index (χ3v) is 6.26. The number of nitrogens with zero attached hydrogens (tertiary/aromatic N) is 1. The summed E-state index contributed by atoms with van der Waals surface area (Å²) in [6, 6.07) is 17.8. The number of anilines is 2.